The van der Waals surface area contributed by atoms with Crippen LogP contribution in [0.3, 0.4) is 0 Å². The second kappa shape index (κ2) is 10.4. The number of rotatable bonds is 8. The number of nitriles is 1. The predicted octanol–water partition coefficient (Wildman–Crippen LogP) is 5.27. The van der Waals surface area contributed by atoms with Gasteiger partial charge in [-0.25, -0.2) is 0 Å². The van der Waals surface area contributed by atoms with Crippen molar-refractivity contribution in [2.45, 2.75) is 26.7 Å². The average Bonchev–Trinajstić information content (AvgIpc) is 2.68. The second-order valence-electron chi connectivity index (χ2n) is 6.17. The number of ether oxygens (including phenoxy) is 3. The van der Waals surface area contributed by atoms with Crippen molar-refractivity contribution in [3.8, 4) is 23.3 Å². The normalized spacial score (nSPS) is 10.5. The zero-order chi connectivity index (χ0) is 20.5. The van der Waals surface area contributed by atoms with Gasteiger partial charge in [-0.2, -0.15) is 5.26 Å². The number of methoxy groups -OCH3 is 1. The maximum Gasteiger partial charge on any atom is 0.311 e. The number of hydrogen-bond donors (Lipinski definition) is 0. The number of carbonyl (C=O) groups is 1. The summed E-state index contributed by atoms with van der Waals surface area (Å²) in [5, 5.41) is 9.32. The molecule has 0 N–H and O–H groups in total. The molecule has 0 amide bonds. The Morgan fingerprint density at radius 1 is 1.18 bits per heavy atom. The lowest BCUT2D eigenvalue weighted by molar-refractivity contribution is -0.134. The Morgan fingerprint density at radius 3 is 2.54 bits per heavy atom. The summed E-state index contributed by atoms with van der Waals surface area (Å²) < 4.78 is 16.3. The number of allylic oxidation sites excluding steroid dienone is 1. The molecule has 0 fully saturated rings. The molecule has 2 aromatic carbocycles. The fourth-order valence-electron chi connectivity index (χ4n) is 2.58. The number of nitrogens with zero attached hydrogens (tertiary/aromatic N) is 1. The van der Waals surface area contributed by atoms with E-state index in [0.29, 0.717) is 24.5 Å². The summed E-state index contributed by atoms with van der Waals surface area (Å²) in [6, 6.07) is 10.8. The summed E-state index contributed by atoms with van der Waals surface area (Å²) in [6.07, 6.45) is 3.74. The van der Waals surface area contributed by atoms with Crippen LogP contribution in [0.1, 0.15) is 29.5 Å². The highest BCUT2D eigenvalue weighted by Crippen LogP contribution is 2.29. The molecule has 0 heterocycles. The molecule has 28 heavy (non-hydrogen) atoms. The molecule has 0 aliphatic rings. The first kappa shape index (κ1) is 21.3. The zero-order valence-electron chi connectivity index (χ0n) is 16.1. The molecular formula is C22H22ClNO4. The van der Waals surface area contributed by atoms with Crippen LogP contribution in [0.4, 0.5) is 0 Å². The predicted molar refractivity (Wildman–Crippen MR) is 109 cm³/mol. The Morgan fingerprint density at radius 2 is 1.89 bits per heavy atom. The molecule has 0 bridgehead atoms. The molecule has 0 unspecified atom stereocenters. The Kier molecular flexibility index (Phi) is 7.91. The Labute approximate surface area is 170 Å². The van der Waals surface area contributed by atoms with E-state index < -0.39 is 0 Å². The molecule has 0 atom stereocenters. The van der Waals surface area contributed by atoms with Gasteiger partial charge in [-0.3, -0.25) is 4.79 Å². The molecule has 5 nitrogen and oxygen atoms in total. The van der Waals surface area contributed by atoms with Gasteiger partial charge in [-0.1, -0.05) is 17.7 Å². The third-order valence-corrected chi connectivity index (χ3v) is 4.56. The van der Waals surface area contributed by atoms with Gasteiger partial charge in [-0.15, -0.1) is 0 Å². The van der Waals surface area contributed by atoms with Crippen LogP contribution in [0, 0.1) is 25.2 Å². The molecular weight excluding hydrogens is 378 g/mol. The Balaban J connectivity index is 1.86. The highest BCUT2D eigenvalue weighted by molar-refractivity contribution is 6.32. The van der Waals surface area contributed by atoms with Crippen molar-refractivity contribution in [1.29, 1.82) is 5.26 Å². The van der Waals surface area contributed by atoms with Gasteiger partial charge in [-0.05, 0) is 67.3 Å². The van der Waals surface area contributed by atoms with Crippen LogP contribution in [0.5, 0.6) is 17.2 Å². The summed E-state index contributed by atoms with van der Waals surface area (Å²) in [6.45, 7) is 4.24. The molecule has 0 aliphatic carbocycles. The van der Waals surface area contributed by atoms with Crippen LogP contribution >= 0.6 is 11.6 Å². The minimum Gasteiger partial charge on any atom is -0.494 e. The molecule has 0 radical (unpaired) electrons. The van der Waals surface area contributed by atoms with Crippen LogP contribution in [-0.4, -0.2) is 19.7 Å². The summed E-state index contributed by atoms with van der Waals surface area (Å²) in [4.78, 5) is 12.1. The van der Waals surface area contributed by atoms with E-state index >= 15 is 0 Å². The molecule has 0 saturated carbocycles. The van der Waals surface area contributed by atoms with Gasteiger partial charge in [0.25, 0.3) is 0 Å². The smallest absolute Gasteiger partial charge is 0.311 e. The van der Waals surface area contributed by atoms with Crippen molar-refractivity contribution in [2.75, 3.05) is 13.7 Å². The molecule has 0 spiro atoms. The van der Waals surface area contributed by atoms with Crippen LogP contribution in [0.2, 0.25) is 5.02 Å². The fraction of sp³-hybridized carbons (Fsp3) is 0.273. The average molecular weight is 400 g/mol. The quantitative estimate of drug-likeness (QED) is 0.262. The maximum absolute atomic E-state index is 12.1. The number of aryl methyl sites for hydroxylation is 2. The first-order valence-electron chi connectivity index (χ1n) is 8.79. The maximum atomic E-state index is 12.1. The first-order valence-corrected chi connectivity index (χ1v) is 9.17. The lowest BCUT2D eigenvalue weighted by atomic mass is 10.1. The van der Waals surface area contributed by atoms with E-state index in [1.54, 1.807) is 24.3 Å². The van der Waals surface area contributed by atoms with Gasteiger partial charge in [0.2, 0.25) is 0 Å². The zero-order valence-corrected chi connectivity index (χ0v) is 16.9. The summed E-state index contributed by atoms with van der Waals surface area (Å²) >= 11 is 6.14. The number of carbonyl (C=O) groups excluding carboxylic acids is 1. The van der Waals surface area contributed by atoms with Crippen LogP contribution < -0.4 is 14.2 Å². The molecule has 2 rings (SSSR count). The van der Waals surface area contributed by atoms with Crippen molar-refractivity contribution in [2.24, 2.45) is 0 Å². The van der Waals surface area contributed by atoms with Gasteiger partial charge in [0.05, 0.1) is 19.8 Å². The van der Waals surface area contributed by atoms with Crippen LogP contribution in [0.25, 0.3) is 6.08 Å². The van der Waals surface area contributed by atoms with E-state index in [9.17, 15) is 4.79 Å². The monoisotopic (exact) mass is 399 g/mol. The van der Waals surface area contributed by atoms with Gasteiger partial charge >= 0.3 is 5.97 Å². The van der Waals surface area contributed by atoms with E-state index in [4.69, 9.17) is 31.1 Å². The summed E-state index contributed by atoms with van der Waals surface area (Å²) in [5.74, 6) is 1.13. The second-order valence-corrected chi connectivity index (χ2v) is 6.55. The van der Waals surface area contributed by atoms with Crippen molar-refractivity contribution in [3.05, 3.63) is 58.1 Å². The van der Waals surface area contributed by atoms with Crippen molar-refractivity contribution in [1.82, 2.24) is 0 Å². The highest BCUT2D eigenvalue weighted by Gasteiger charge is 2.11. The van der Waals surface area contributed by atoms with E-state index in [0.717, 1.165) is 27.5 Å². The fourth-order valence-corrected chi connectivity index (χ4v) is 2.68. The third kappa shape index (κ3) is 6.04. The number of benzene rings is 2. The number of esters is 1. The largest absolute Gasteiger partial charge is 0.494 e. The molecule has 2 aromatic rings. The minimum absolute atomic E-state index is 0.213. The molecule has 0 saturated heterocycles. The standard InChI is InChI=1S/C22H22ClNO4/c1-15-12-18(13-16(2)22(15)23)27-11-5-7-21(25)28-19-9-8-17(6-4-10-24)14-20(19)26-3/h4,6,8-9,12-14H,5,7,11H2,1-3H3/b6-4-. The summed E-state index contributed by atoms with van der Waals surface area (Å²) in [7, 11) is 1.49. The van der Waals surface area contributed by atoms with Gasteiger partial charge in [0, 0.05) is 17.5 Å². The SMILES string of the molecule is COc1cc(/C=C\C#N)ccc1OC(=O)CCCOc1cc(C)c(Cl)c(C)c1. The highest BCUT2D eigenvalue weighted by atomic mass is 35.5. The molecule has 6 heteroatoms. The topological polar surface area (TPSA) is 68.5 Å². The number of hydrogen-bond acceptors (Lipinski definition) is 5. The lowest BCUT2D eigenvalue weighted by Crippen LogP contribution is -2.10. The van der Waals surface area contributed by atoms with Crippen LogP contribution in [-0.2, 0) is 4.79 Å². The van der Waals surface area contributed by atoms with E-state index in [2.05, 4.69) is 0 Å². The van der Waals surface area contributed by atoms with Crippen LogP contribution in [0.15, 0.2) is 36.4 Å². The van der Waals surface area contributed by atoms with E-state index in [1.165, 1.54) is 13.2 Å². The minimum atomic E-state index is -0.370. The van der Waals surface area contributed by atoms with E-state index in [1.807, 2.05) is 32.0 Å². The van der Waals surface area contributed by atoms with Gasteiger partial charge in [0.1, 0.15) is 5.75 Å². The summed E-state index contributed by atoms with van der Waals surface area (Å²) in [5.41, 5.74) is 2.69. The third-order valence-electron chi connectivity index (χ3n) is 3.97. The Hall–Kier alpha value is -2.97. The van der Waals surface area contributed by atoms with Crippen molar-refractivity contribution >= 4 is 23.6 Å². The molecule has 0 aromatic heterocycles. The molecule has 146 valence electrons. The van der Waals surface area contributed by atoms with Gasteiger partial charge < -0.3 is 14.2 Å². The van der Waals surface area contributed by atoms with E-state index in [-0.39, 0.29) is 12.4 Å². The van der Waals surface area contributed by atoms with Crippen molar-refractivity contribution in [3.63, 3.8) is 0 Å². The Bertz CT molecular complexity index is 892. The molecule has 0 aliphatic heterocycles. The lowest BCUT2D eigenvalue weighted by Gasteiger charge is -2.11. The van der Waals surface area contributed by atoms with Gasteiger partial charge in [0.15, 0.2) is 11.5 Å². The number of halogens is 1. The van der Waals surface area contributed by atoms with Crippen molar-refractivity contribution < 1.29 is 19.0 Å². The first-order chi connectivity index (χ1) is 13.4.